The fraction of sp³-hybridized carbons (Fsp3) is 0. The summed E-state index contributed by atoms with van der Waals surface area (Å²) in [5.41, 5.74) is 1.55. The van der Waals surface area contributed by atoms with Crippen LogP contribution in [0, 0.1) is 11.3 Å². The third-order valence-electron chi connectivity index (χ3n) is 2.56. The number of para-hydroxylation sites is 1. The SMILES string of the molecule is N#Cc1cccc(Sc2cc3ccccc3[nH]2)n1. The number of benzene rings is 1. The summed E-state index contributed by atoms with van der Waals surface area (Å²) in [5, 5.41) is 11.8. The summed E-state index contributed by atoms with van der Waals surface area (Å²) >= 11 is 1.53. The van der Waals surface area contributed by atoms with Crippen molar-refractivity contribution in [1.29, 1.82) is 5.26 Å². The number of hydrogen-bond donors (Lipinski definition) is 1. The summed E-state index contributed by atoms with van der Waals surface area (Å²) in [6.07, 6.45) is 0. The number of H-pyrrole nitrogens is 1. The van der Waals surface area contributed by atoms with Crippen molar-refractivity contribution in [3.8, 4) is 6.07 Å². The maximum Gasteiger partial charge on any atom is 0.141 e. The molecule has 0 aliphatic heterocycles. The fourth-order valence-corrected chi connectivity index (χ4v) is 2.61. The Morgan fingerprint density at radius 1 is 1.11 bits per heavy atom. The second-order valence-electron chi connectivity index (χ2n) is 3.80. The molecular formula is C14H9N3S. The van der Waals surface area contributed by atoms with E-state index in [0.717, 1.165) is 15.6 Å². The molecule has 0 saturated carbocycles. The van der Waals surface area contributed by atoms with Crippen LogP contribution < -0.4 is 0 Å². The Bertz CT molecular complexity index is 707. The number of pyridine rings is 1. The minimum Gasteiger partial charge on any atom is -0.349 e. The monoisotopic (exact) mass is 251 g/mol. The van der Waals surface area contributed by atoms with Crippen molar-refractivity contribution in [3.63, 3.8) is 0 Å². The van der Waals surface area contributed by atoms with Crippen molar-refractivity contribution in [1.82, 2.24) is 9.97 Å². The lowest BCUT2D eigenvalue weighted by Gasteiger charge is -1.97. The van der Waals surface area contributed by atoms with Crippen molar-refractivity contribution in [2.24, 2.45) is 0 Å². The lowest BCUT2D eigenvalue weighted by Crippen LogP contribution is -1.84. The first-order chi connectivity index (χ1) is 8.85. The van der Waals surface area contributed by atoms with Crippen molar-refractivity contribution in [3.05, 3.63) is 54.2 Å². The van der Waals surface area contributed by atoms with Gasteiger partial charge >= 0.3 is 0 Å². The maximum atomic E-state index is 8.81. The molecule has 4 heteroatoms. The molecule has 86 valence electrons. The van der Waals surface area contributed by atoms with Crippen LogP contribution in [-0.4, -0.2) is 9.97 Å². The Hall–Kier alpha value is -2.25. The van der Waals surface area contributed by atoms with Gasteiger partial charge in [0.2, 0.25) is 0 Å². The summed E-state index contributed by atoms with van der Waals surface area (Å²) in [7, 11) is 0. The van der Waals surface area contributed by atoms with E-state index in [1.807, 2.05) is 36.4 Å². The van der Waals surface area contributed by atoms with Gasteiger partial charge in [0, 0.05) is 10.9 Å². The number of nitriles is 1. The number of aromatic nitrogens is 2. The average Bonchev–Trinajstić information content (AvgIpc) is 2.81. The summed E-state index contributed by atoms with van der Waals surface area (Å²) in [5.74, 6) is 0. The zero-order valence-electron chi connectivity index (χ0n) is 9.42. The topological polar surface area (TPSA) is 52.5 Å². The number of aromatic amines is 1. The lowest BCUT2D eigenvalue weighted by molar-refractivity contribution is 1.09. The van der Waals surface area contributed by atoms with Crippen LogP contribution >= 0.6 is 11.8 Å². The summed E-state index contributed by atoms with van der Waals surface area (Å²) < 4.78 is 0. The van der Waals surface area contributed by atoms with E-state index in [-0.39, 0.29) is 0 Å². The van der Waals surface area contributed by atoms with Gasteiger partial charge < -0.3 is 4.98 Å². The van der Waals surface area contributed by atoms with Crippen LogP contribution in [0.5, 0.6) is 0 Å². The predicted molar refractivity (Wildman–Crippen MR) is 71.4 cm³/mol. The van der Waals surface area contributed by atoms with Crippen LogP contribution in [0.15, 0.2) is 58.6 Å². The van der Waals surface area contributed by atoms with Crippen molar-refractivity contribution in [2.75, 3.05) is 0 Å². The maximum absolute atomic E-state index is 8.81. The van der Waals surface area contributed by atoms with Crippen LogP contribution in [0.3, 0.4) is 0 Å². The molecule has 3 rings (SSSR count). The minimum atomic E-state index is 0.441. The Balaban J connectivity index is 1.94. The van der Waals surface area contributed by atoms with Crippen molar-refractivity contribution >= 4 is 22.7 Å². The molecular weight excluding hydrogens is 242 g/mol. The van der Waals surface area contributed by atoms with Gasteiger partial charge in [-0.3, -0.25) is 0 Å². The Kier molecular flexibility index (Phi) is 2.75. The van der Waals surface area contributed by atoms with E-state index < -0.39 is 0 Å². The Labute approximate surface area is 108 Å². The van der Waals surface area contributed by atoms with Crippen LogP contribution in [0.1, 0.15) is 5.69 Å². The van der Waals surface area contributed by atoms with Crippen molar-refractivity contribution < 1.29 is 0 Å². The highest BCUT2D eigenvalue weighted by atomic mass is 32.2. The zero-order chi connectivity index (χ0) is 12.4. The van der Waals surface area contributed by atoms with Crippen molar-refractivity contribution in [2.45, 2.75) is 10.1 Å². The van der Waals surface area contributed by atoms with Gasteiger partial charge in [0.05, 0.1) is 5.03 Å². The Morgan fingerprint density at radius 2 is 2.00 bits per heavy atom. The second-order valence-corrected chi connectivity index (χ2v) is 4.86. The molecule has 0 fully saturated rings. The van der Waals surface area contributed by atoms with Gasteiger partial charge in [-0.1, -0.05) is 36.0 Å². The fourth-order valence-electron chi connectivity index (χ4n) is 1.75. The number of nitrogens with one attached hydrogen (secondary N) is 1. The summed E-state index contributed by atoms with van der Waals surface area (Å²) in [6, 6.07) is 17.7. The standard InChI is InChI=1S/C14H9N3S/c15-9-11-5-3-7-13(16-11)18-14-8-10-4-1-2-6-12(10)17-14/h1-8,17H. The molecule has 0 amide bonds. The molecule has 3 nitrogen and oxygen atoms in total. The molecule has 0 unspecified atom stereocenters. The molecule has 3 aromatic rings. The number of rotatable bonds is 2. The number of hydrogen-bond acceptors (Lipinski definition) is 3. The molecule has 1 N–H and O–H groups in total. The van der Waals surface area contributed by atoms with Crippen LogP contribution in [-0.2, 0) is 0 Å². The predicted octanol–water partition coefficient (Wildman–Crippen LogP) is 3.59. The third-order valence-corrected chi connectivity index (χ3v) is 3.43. The number of nitrogens with zero attached hydrogens (tertiary/aromatic N) is 2. The van der Waals surface area contributed by atoms with Gasteiger partial charge in [-0.25, -0.2) is 4.98 Å². The van der Waals surface area contributed by atoms with Gasteiger partial charge in [-0.05, 0) is 24.3 Å². The van der Waals surface area contributed by atoms with Gasteiger partial charge in [-0.15, -0.1) is 0 Å². The highest BCUT2D eigenvalue weighted by molar-refractivity contribution is 7.99. The van der Waals surface area contributed by atoms with Gasteiger partial charge in [0.15, 0.2) is 0 Å². The van der Waals surface area contributed by atoms with E-state index in [1.54, 1.807) is 6.07 Å². The lowest BCUT2D eigenvalue weighted by atomic mass is 10.3. The highest BCUT2D eigenvalue weighted by Gasteiger charge is 2.03. The molecule has 0 aliphatic carbocycles. The molecule has 0 radical (unpaired) electrons. The minimum absolute atomic E-state index is 0.441. The molecule has 0 bridgehead atoms. The first-order valence-electron chi connectivity index (χ1n) is 5.48. The van der Waals surface area contributed by atoms with Crippen LogP contribution in [0.4, 0.5) is 0 Å². The molecule has 0 saturated heterocycles. The molecule has 2 aromatic heterocycles. The van der Waals surface area contributed by atoms with Gasteiger partial charge in [0.25, 0.3) is 0 Å². The van der Waals surface area contributed by atoms with E-state index in [1.165, 1.54) is 17.1 Å². The number of fused-ring (bicyclic) bond motifs is 1. The van der Waals surface area contributed by atoms with Crippen LogP contribution in [0.2, 0.25) is 0 Å². The van der Waals surface area contributed by atoms with E-state index in [0.29, 0.717) is 5.69 Å². The first kappa shape index (κ1) is 10.9. The van der Waals surface area contributed by atoms with Gasteiger partial charge in [-0.2, -0.15) is 5.26 Å². The van der Waals surface area contributed by atoms with E-state index in [9.17, 15) is 0 Å². The summed E-state index contributed by atoms with van der Waals surface area (Å²) in [6.45, 7) is 0. The third kappa shape index (κ3) is 2.08. The van der Waals surface area contributed by atoms with E-state index in [2.05, 4.69) is 22.1 Å². The normalized spacial score (nSPS) is 10.4. The average molecular weight is 251 g/mol. The molecule has 0 atom stereocenters. The smallest absolute Gasteiger partial charge is 0.141 e. The quantitative estimate of drug-likeness (QED) is 0.757. The Morgan fingerprint density at radius 3 is 2.83 bits per heavy atom. The molecule has 0 spiro atoms. The zero-order valence-corrected chi connectivity index (χ0v) is 10.2. The molecule has 1 aromatic carbocycles. The second kappa shape index (κ2) is 4.55. The molecule has 18 heavy (non-hydrogen) atoms. The molecule has 2 heterocycles. The largest absolute Gasteiger partial charge is 0.349 e. The first-order valence-corrected chi connectivity index (χ1v) is 6.29. The van der Waals surface area contributed by atoms with E-state index in [4.69, 9.17) is 5.26 Å². The highest BCUT2D eigenvalue weighted by Crippen LogP contribution is 2.28. The summed E-state index contributed by atoms with van der Waals surface area (Å²) in [4.78, 5) is 7.56. The molecule has 0 aliphatic rings. The van der Waals surface area contributed by atoms with Crippen LogP contribution in [0.25, 0.3) is 10.9 Å². The van der Waals surface area contributed by atoms with E-state index >= 15 is 0 Å². The van der Waals surface area contributed by atoms with Gasteiger partial charge in [0.1, 0.15) is 16.8 Å².